The second-order valence-electron chi connectivity index (χ2n) is 3.67. The first-order valence-electron chi connectivity index (χ1n) is 5.71. The van der Waals surface area contributed by atoms with E-state index in [1.807, 2.05) is 35.7 Å². The van der Waals surface area contributed by atoms with Gasteiger partial charge >= 0.3 is 5.91 Å². The van der Waals surface area contributed by atoms with Crippen molar-refractivity contribution in [2.24, 2.45) is 0 Å². The molecule has 0 aliphatic heterocycles. The Labute approximate surface area is 127 Å². The van der Waals surface area contributed by atoms with Crippen LogP contribution in [0.1, 0.15) is 13.8 Å². The van der Waals surface area contributed by atoms with Gasteiger partial charge in [-0.3, -0.25) is 0 Å². The number of nitrogens with one attached hydrogen (secondary N) is 1. The zero-order valence-corrected chi connectivity index (χ0v) is 13.1. The number of amides is 1. The summed E-state index contributed by atoms with van der Waals surface area (Å²) in [6.07, 6.45) is 0. The van der Waals surface area contributed by atoms with Gasteiger partial charge in [0.2, 0.25) is 4.34 Å². The van der Waals surface area contributed by atoms with Crippen LogP contribution in [0.5, 0.6) is 0 Å². The molecule has 1 aromatic carbocycles. The fourth-order valence-electron chi connectivity index (χ4n) is 1.62. The van der Waals surface area contributed by atoms with E-state index >= 15 is 0 Å². The molecule has 102 valence electrons. The van der Waals surface area contributed by atoms with Crippen molar-refractivity contribution in [2.75, 3.05) is 11.1 Å². The van der Waals surface area contributed by atoms with E-state index in [2.05, 4.69) is 16.8 Å². The molecular weight excluding hydrogens is 300 g/mol. The van der Waals surface area contributed by atoms with Crippen LogP contribution in [0.4, 0.5) is 5.82 Å². The Bertz CT molecular complexity index is 543. The number of hydrogen-bond donors (Lipinski definition) is 1. The molecule has 1 N–H and O–H groups in total. The van der Waals surface area contributed by atoms with Crippen LogP contribution in [-0.4, -0.2) is 11.7 Å². The fraction of sp³-hybridized carbons (Fsp3) is 0.231. The molecule has 0 spiro atoms. The average Bonchev–Trinajstić information content (AvgIpc) is 2.73. The first-order valence-corrected chi connectivity index (χ1v) is 7.58. The van der Waals surface area contributed by atoms with Crippen molar-refractivity contribution in [3.63, 3.8) is 0 Å². The third-order valence-electron chi connectivity index (χ3n) is 2.28. The highest BCUT2D eigenvalue weighted by Crippen LogP contribution is 2.25. The molecule has 6 heteroatoms. The highest BCUT2D eigenvalue weighted by molar-refractivity contribution is 8.00. The Hall–Kier alpha value is -1.04. The molecule has 0 saturated carbocycles. The molecule has 0 saturated heterocycles. The lowest BCUT2D eigenvalue weighted by Crippen LogP contribution is -3.00. The highest BCUT2D eigenvalue weighted by atomic mass is 35.5. The summed E-state index contributed by atoms with van der Waals surface area (Å²) in [6, 6.07) is 10.1. The summed E-state index contributed by atoms with van der Waals surface area (Å²) in [5.41, 5.74) is 1.07. The lowest BCUT2D eigenvalue weighted by atomic mass is 10.3. The van der Waals surface area contributed by atoms with Crippen molar-refractivity contribution < 1.29 is 21.8 Å². The lowest BCUT2D eigenvalue weighted by molar-refractivity contribution is -0.613. The molecule has 0 unspecified atom stereocenters. The minimum atomic E-state index is -0.0504. The molecule has 19 heavy (non-hydrogen) atoms. The molecule has 2 rings (SSSR count). The molecule has 0 aliphatic carbocycles. The summed E-state index contributed by atoms with van der Waals surface area (Å²) in [7, 11) is 0. The summed E-state index contributed by atoms with van der Waals surface area (Å²) in [6.45, 7) is 3.65. The van der Waals surface area contributed by atoms with Gasteiger partial charge in [0.15, 0.2) is 0 Å². The number of nitrogens with zero attached hydrogens (tertiary/aromatic N) is 1. The molecular formula is C13H15ClN2OS2. The number of hydrogen-bond acceptors (Lipinski definition) is 3. The van der Waals surface area contributed by atoms with E-state index < -0.39 is 0 Å². The fourth-order valence-corrected chi connectivity index (χ4v) is 3.66. The van der Waals surface area contributed by atoms with Gasteiger partial charge < -0.3 is 12.4 Å². The van der Waals surface area contributed by atoms with Crippen molar-refractivity contribution in [3.8, 4) is 5.69 Å². The average molecular weight is 315 g/mol. The second-order valence-corrected chi connectivity index (χ2v) is 6.04. The smallest absolute Gasteiger partial charge is 0.304 e. The molecule has 0 fully saturated rings. The van der Waals surface area contributed by atoms with E-state index in [-0.39, 0.29) is 18.3 Å². The normalized spacial score (nSPS) is 9.79. The van der Waals surface area contributed by atoms with Crippen LogP contribution in [0.3, 0.4) is 0 Å². The molecule has 1 heterocycles. The van der Waals surface area contributed by atoms with Gasteiger partial charge in [0, 0.05) is 6.92 Å². The van der Waals surface area contributed by atoms with E-state index in [9.17, 15) is 4.79 Å². The van der Waals surface area contributed by atoms with Crippen LogP contribution in [0.25, 0.3) is 5.69 Å². The first-order chi connectivity index (χ1) is 8.72. The monoisotopic (exact) mass is 314 g/mol. The van der Waals surface area contributed by atoms with Gasteiger partial charge in [-0.2, -0.15) is 4.57 Å². The lowest BCUT2D eigenvalue weighted by Gasteiger charge is -2.03. The van der Waals surface area contributed by atoms with Gasteiger partial charge in [0.25, 0.3) is 5.82 Å². The molecule has 2 aromatic rings. The Morgan fingerprint density at radius 1 is 1.37 bits per heavy atom. The Morgan fingerprint density at radius 2 is 2.05 bits per heavy atom. The number of thiazole rings is 1. The van der Waals surface area contributed by atoms with Crippen LogP contribution in [-0.2, 0) is 4.79 Å². The summed E-state index contributed by atoms with van der Waals surface area (Å²) in [4.78, 5) is 11.2. The summed E-state index contributed by atoms with van der Waals surface area (Å²) >= 11 is 3.42. The third-order valence-corrected chi connectivity index (χ3v) is 4.37. The van der Waals surface area contributed by atoms with Crippen LogP contribution < -0.4 is 22.3 Å². The number of para-hydroxylation sites is 1. The molecule has 3 nitrogen and oxygen atoms in total. The number of thioether (sulfide) groups is 1. The van der Waals surface area contributed by atoms with Gasteiger partial charge in [0.05, 0.1) is 5.38 Å². The number of rotatable bonds is 4. The Kier molecular flexibility index (Phi) is 6.34. The van der Waals surface area contributed by atoms with E-state index in [0.29, 0.717) is 0 Å². The first kappa shape index (κ1) is 16.0. The minimum Gasteiger partial charge on any atom is -1.00 e. The Morgan fingerprint density at radius 3 is 2.63 bits per heavy atom. The molecule has 1 aromatic heterocycles. The topological polar surface area (TPSA) is 33.0 Å². The van der Waals surface area contributed by atoms with E-state index in [1.54, 1.807) is 23.1 Å². The van der Waals surface area contributed by atoms with Crippen molar-refractivity contribution in [1.82, 2.24) is 0 Å². The van der Waals surface area contributed by atoms with E-state index in [0.717, 1.165) is 17.3 Å². The maximum absolute atomic E-state index is 11.2. The van der Waals surface area contributed by atoms with Crippen molar-refractivity contribution in [3.05, 3.63) is 35.7 Å². The van der Waals surface area contributed by atoms with Crippen LogP contribution in [0, 0.1) is 0 Å². The van der Waals surface area contributed by atoms with Gasteiger partial charge in [-0.1, -0.05) is 48.2 Å². The quantitative estimate of drug-likeness (QED) is 0.641. The molecule has 1 amide bonds. The standard InChI is InChI=1S/C13H14N2OS2.ClH/c1-3-17-13-15(11-7-5-4-6-8-11)12(9-18-13)14-10(2)16;/h4-9H,3H2,1-2H3;1H. The van der Waals surface area contributed by atoms with Crippen molar-refractivity contribution >= 4 is 34.8 Å². The predicted molar refractivity (Wildman–Crippen MR) is 76.6 cm³/mol. The summed E-state index contributed by atoms with van der Waals surface area (Å²) in [5, 5.41) is 4.85. The zero-order valence-electron chi connectivity index (χ0n) is 10.7. The number of carbonyl (C=O) groups is 1. The van der Waals surface area contributed by atoms with Crippen LogP contribution in [0.2, 0.25) is 0 Å². The summed E-state index contributed by atoms with van der Waals surface area (Å²) in [5.74, 6) is 1.78. The number of aromatic nitrogens is 1. The predicted octanol–water partition coefficient (Wildman–Crippen LogP) is 0.0992. The molecule has 0 aliphatic rings. The zero-order chi connectivity index (χ0) is 13.0. The molecule has 0 bridgehead atoms. The molecule has 0 radical (unpaired) electrons. The van der Waals surface area contributed by atoms with Crippen LogP contribution >= 0.6 is 23.1 Å². The molecule has 0 atom stereocenters. The number of halogens is 1. The van der Waals surface area contributed by atoms with E-state index in [1.165, 1.54) is 11.3 Å². The van der Waals surface area contributed by atoms with Crippen LogP contribution in [0.15, 0.2) is 40.1 Å². The summed E-state index contributed by atoms with van der Waals surface area (Å²) < 4.78 is 3.26. The highest BCUT2D eigenvalue weighted by Gasteiger charge is 2.20. The SMILES string of the molecule is CCSc1scc(NC(C)=O)[n+]1-c1ccccc1.[Cl-]. The van der Waals surface area contributed by atoms with E-state index in [4.69, 9.17) is 0 Å². The number of carbonyl (C=O) groups excluding carboxylic acids is 1. The number of anilines is 1. The maximum atomic E-state index is 11.2. The maximum Gasteiger partial charge on any atom is 0.304 e. The Balaban J connectivity index is 0.00000180. The second kappa shape index (κ2) is 7.53. The van der Waals surface area contributed by atoms with Gasteiger partial charge in [-0.15, -0.1) is 0 Å². The van der Waals surface area contributed by atoms with Gasteiger partial charge in [0.1, 0.15) is 5.69 Å². The number of benzene rings is 1. The largest absolute Gasteiger partial charge is 1.00 e. The van der Waals surface area contributed by atoms with Crippen molar-refractivity contribution in [1.29, 1.82) is 0 Å². The van der Waals surface area contributed by atoms with Gasteiger partial charge in [-0.25, -0.2) is 10.1 Å². The third kappa shape index (κ3) is 3.96. The van der Waals surface area contributed by atoms with Crippen molar-refractivity contribution in [2.45, 2.75) is 18.2 Å². The van der Waals surface area contributed by atoms with Gasteiger partial charge in [-0.05, 0) is 17.9 Å². The minimum absolute atomic E-state index is 0.